The number of carbonyl (C=O) groups excluding carboxylic acids is 4. The van der Waals surface area contributed by atoms with Crippen molar-refractivity contribution in [2.45, 2.75) is 57.7 Å². The molecule has 1 unspecified atom stereocenters. The molecule has 222 valence electrons. The van der Waals surface area contributed by atoms with Crippen LogP contribution in [0.2, 0.25) is 0 Å². The third-order valence-corrected chi connectivity index (χ3v) is 5.63. The first-order valence-electron chi connectivity index (χ1n) is 12.6. The lowest BCUT2D eigenvalue weighted by Crippen LogP contribution is -2.39. The van der Waals surface area contributed by atoms with Crippen molar-refractivity contribution >= 4 is 35.3 Å². The van der Waals surface area contributed by atoms with Crippen LogP contribution < -0.4 is 16.0 Å². The van der Waals surface area contributed by atoms with E-state index in [1.54, 1.807) is 6.20 Å². The zero-order chi connectivity index (χ0) is 30.4. The van der Waals surface area contributed by atoms with Gasteiger partial charge in [0.15, 0.2) is 0 Å². The quantitative estimate of drug-likeness (QED) is 0.0934. The first kappa shape index (κ1) is 32.7. The fourth-order valence-electron chi connectivity index (χ4n) is 3.60. The molecule has 2 rings (SSSR count). The summed E-state index contributed by atoms with van der Waals surface area (Å²) in [5.74, 6) is -4.79. The van der Waals surface area contributed by atoms with Crippen molar-refractivity contribution in [1.82, 2.24) is 15.6 Å². The van der Waals surface area contributed by atoms with Crippen molar-refractivity contribution in [3.05, 3.63) is 63.8 Å². The van der Waals surface area contributed by atoms with E-state index in [1.165, 1.54) is 12.1 Å². The lowest BCUT2D eigenvalue weighted by atomic mass is 10.0. The molecule has 1 heterocycles. The molecule has 2 amide bonds. The van der Waals surface area contributed by atoms with Crippen molar-refractivity contribution in [3.8, 4) is 0 Å². The minimum atomic E-state index is -5.42. The van der Waals surface area contributed by atoms with Crippen molar-refractivity contribution < 1.29 is 42.0 Å². The molecule has 1 atom stereocenters. The van der Waals surface area contributed by atoms with Gasteiger partial charge in [-0.05, 0) is 43.0 Å². The molecule has 1 aromatic heterocycles. The molecule has 15 heteroatoms. The molecule has 0 spiro atoms. The Morgan fingerprint density at radius 2 is 1.78 bits per heavy atom. The maximum atomic E-state index is 12.4. The van der Waals surface area contributed by atoms with Gasteiger partial charge in [-0.25, -0.2) is 9.78 Å². The Labute approximate surface area is 233 Å². The number of pyridine rings is 1. The second-order valence-electron chi connectivity index (χ2n) is 9.02. The Morgan fingerprint density at radius 1 is 1.05 bits per heavy atom. The van der Waals surface area contributed by atoms with Gasteiger partial charge in [0.05, 0.1) is 23.9 Å². The van der Waals surface area contributed by atoms with Crippen LogP contribution in [0, 0.1) is 17.0 Å². The standard InChI is InChI=1S/C26H30F3N5O7/c1-17-10-12-31-21(13-17)30-11-5-3-2-4-9-22(35)32-16-23(36)33-20(15-24(37)41-25(38)26(27,28)29)18-7-6-8-19(14-18)34(39)40/h6-8,10,12-14,20H,2-5,9,11,15-16H2,1H3,(H,30,31)(H,32,35)(H,33,36). The topological polar surface area (TPSA) is 170 Å². The third kappa shape index (κ3) is 12.4. The second-order valence-corrected chi connectivity index (χ2v) is 9.02. The van der Waals surface area contributed by atoms with Gasteiger partial charge in [0.1, 0.15) is 5.82 Å². The molecule has 0 fully saturated rings. The molecule has 3 N–H and O–H groups in total. The van der Waals surface area contributed by atoms with Gasteiger partial charge >= 0.3 is 18.1 Å². The fourth-order valence-corrected chi connectivity index (χ4v) is 3.60. The van der Waals surface area contributed by atoms with Crippen LogP contribution in [0.4, 0.5) is 24.7 Å². The summed E-state index contributed by atoms with van der Waals surface area (Å²) in [6, 6.07) is 7.14. The smallest absolute Gasteiger partial charge is 0.386 e. The Bertz CT molecular complexity index is 1240. The monoisotopic (exact) mass is 581 g/mol. The van der Waals surface area contributed by atoms with Crippen LogP contribution in [0.5, 0.6) is 0 Å². The summed E-state index contributed by atoms with van der Waals surface area (Å²) in [4.78, 5) is 62.0. The zero-order valence-electron chi connectivity index (χ0n) is 22.2. The highest BCUT2D eigenvalue weighted by Gasteiger charge is 2.42. The van der Waals surface area contributed by atoms with E-state index in [2.05, 4.69) is 25.7 Å². The first-order valence-corrected chi connectivity index (χ1v) is 12.6. The fraction of sp³-hybridized carbons (Fsp3) is 0.423. The number of benzene rings is 1. The summed E-state index contributed by atoms with van der Waals surface area (Å²) in [6.45, 7) is 2.18. The number of nitrogens with zero attached hydrogens (tertiary/aromatic N) is 2. The van der Waals surface area contributed by atoms with Gasteiger partial charge in [0.2, 0.25) is 11.8 Å². The number of unbranched alkanes of at least 4 members (excludes halogenated alkanes) is 3. The Kier molecular flexibility index (Phi) is 12.7. The molecule has 1 aromatic carbocycles. The van der Waals surface area contributed by atoms with E-state index < -0.39 is 59.5 Å². The number of hydrogen-bond donors (Lipinski definition) is 3. The highest BCUT2D eigenvalue weighted by molar-refractivity contribution is 5.89. The number of nitro benzene ring substituents is 1. The number of ether oxygens (including phenoxy) is 1. The van der Waals surface area contributed by atoms with E-state index in [-0.39, 0.29) is 12.0 Å². The molecule has 0 aliphatic carbocycles. The van der Waals surface area contributed by atoms with E-state index in [0.717, 1.165) is 49.3 Å². The summed E-state index contributed by atoms with van der Waals surface area (Å²) in [5.41, 5.74) is 0.696. The minimum Gasteiger partial charge on any atom is -0.386 e. The maximum Gasteiger partial charge on any atom is 0.491 e. The number of alkyl halides is 3. The summed E-state index contributed by atoms with van der Waals surface area (Å²) in [7, 11) is 0. The summed E-state index contributed by atoms with van der Waals surface area (Å²) in [6.07, 6.45) is -1.39. The molecule has 0 aliphatic rings. The van der Waals surface area contributed by atoms with E-state index in [4.69, 9.17) is 0 Å². The first-order chi connectivity index (χ1) is 19.3. The number of rotatable bonds is 15. The van der Waals surface area contributed by atoms with E-state index in [1.807, 2.05) is 19.1 Å². The van der Waals surface area contributed by atoms with E-state index in [0.29, 0.717) is 6.42 Å². The highest BCUT2D eigenvalue weighted by Crippen LogP contribution is 2.23. The average molecular weight is 582 g/mol. The highest BCUT2D eigenvalue weighted by atomic mass is 19.4. The van der Waals surface area contributed by atoms with Gasteiger partial charge in [-0.3, -0.25) is 24.5 Å². The van der Waals surface area contributed by atoms with Crippen LogP contribution >= 0.6 is 0 Å². The second kappa shape index (κ2) is 15.9. The predicted octanol–water partition coefficient (Wildman–Crippen LogP) is 3.66. The number of carbonyl (C=O) groups is 4. The zero-order valence-corrected chi connectivity index (χ0v) is 22.2. The number of nitrogens with one attached hydrogen (secondary N) is 3. The van der Waals surface area contributed by atoms with Crippen molar-refractivity contribution in [2.75, 3.05) is 18.4 Å². The molecule has 0 saturated heterocycles. The third-order valence-electron chi connectivity index (χ3n) is 5.63. The lowest BCUT2D eigenvalue weighted by Gasteiger charge is -2.19. The number of anilines is 1. The van der Waals surface area contributed by atoms with Gasteiger partial charge in [0, 0.05) is 31.3 Å². The van der Waals surface area contributed by atoms with Crippen molar-refractivity contribution in [3.63, 3.8) is 0 Å². The molecule has 0 radical (unpaired) electrons. The molecule has 0 bridgehead atoms. The number of nitro groups is 1. The summed E-state index contributed by atoms with van der Waals surface area (Å²) < 4.78 is 41.0. The van der Waals surface area contributed by atoms with Gasteiger partial charge in [-0.15, -0.1) is 0 Å². The lowest BCUT2D eigenvalue weighted by molar-refractivity contribution is -0.384. The Hall–Kier alpha value is -4.56. The van der Waals surface area contributed by atoms with Gasteiger partial charge in [-0.2, -0.15) is 13.2 Å². The number of non-ortho nitro benzene ring substituents is 1. The van der Waals surface area contributed by atoms with Crippen LogP contribution in [-0.4, -0.2) is 52.9 Å². The molecule has 41 heavy (non-hydrogen) atoms. The van der Waals surface area contributed by atoms with Gasteiger partial charge < -0.3 is 20.7 Å². The number of amides is 2. The minimum absolute atomic E-state index is 0.00274. The molecule has 0 aliphatic heterocycles. The number of aryl methyl sites for hydroxylation is 1. The number of esters is 2. The number of hydrogen-bond acceptors (Lipinski definition) is 9. The number of halogens is 3. The molecular formula is C26H30F3N5O7. The number of aromatic nitrogens is 1. The van der Waals surface area contributed by atoms with Crippen LogP contribution in [0.25, 0.3) is 0 Å². The van der Waals surface area contributed by atoms with Crippen LogP contribution in [-0.2, 0) is 23.9 Å². The van der Waals surface area contributed by atoms with Crippen molar-refractivity contribution in [2.24, 2.45) is 0 Å². The summed E-state index contributed by atoms with van der Waals surface area (Å²) >= 11 is 0. The molecule has 2 aromatic rings. The van der Waals surface area contributed by atoms with Crippen molar-refractivity contribution in [1.29, 1.82) is 0 Å². The van der Waals surface area contributed by atoms with Gasteiger partial charge in [-0.1, -0.05) is 25.0 Å². The van der Waals surface area contributed by atoms with Crippen LogP contribution in [0.3, 0.4) is 0 Å². The maximum absolute atomic E-state index is 12.4. The Morgan fingerprint density at radius 3 is 2.46 bits per heavy atom. The van der Waals surface area contributed by atoms with E-state index in [9.17, 15) is 42.5 Å². The molecule has 0 saturated carbocycles. The molecule has 12 nitrogen and oxygen atoms in total. The summed E-state index contributed by atoms with van der Waals surface area (Å²) in [5, 5.41) is 19.0. The SMILES string of the molecule is Cc1ccnc(NCCCCCCC(=O)NCC(=O)NC(CC(=O)OC(=O)C(F)(F)F)c2cccc([N+](=O)[O-])c2)c1. The predicted molar refractivity (Wildman–Crippen MR) is 139 cm³/mol. The average Bonchev–Trinajstić information content (AvgIpc) is 2.90. The largest absolute Gasteiger partial charge is 0.491 e. The normalized spacial score (nSPS) is 11.7. The Balaban J connectivity index is 1.80. The van der Waals surface area contributed by atoms with Gasteiger partial charge in [0.25, 0.3) is 5.69 Å². The van der Waals surface area contributed by atoms with Crippen LogP contribution in [0.1, 0.15) is 55.7 Å². The van der Waals surface area contributed by atoms with Crippen LogP contribution in [0.15, 0.2) is 42.6 Å². The molecular weight excluding hydrogens is 551 g/mol. The van der Waals surface area contributed by atoms with E-state index >= 15 is 0 Å².